The van der Waals surface area contributed by atoms with Gasteiger partial charge in [-0.25, -0.2) is 14.6 Å². The minimum absolute atomic E-state index is 0.0934. The molecule has 0 aliphatic heterocycles. The molecule has 0 spiro atoms. The fourth-order valence-electron chi connectivity index (χ4n) is 1.77. The largest absolute Gasteiger partial charge is 0.480 e. The molecule has 22 heavy (non-hydrogen) atoms. The molecule has 0 bridgehead atoms. The third kappa shape index (κ3) is 4.08. The lowest BCUT2D eigenvalue weighted by molar-refractivity contribution is -0.139. The van der Waals surface area contributed by atoms with Crippen molar-refractivity contribution >= 4 is 17.7 Å². The molecule has 0 radical (unpaired) electrons. The molecule has 1 aromatic heterocycles. The number of aliphatic carboxylic acids is 1. The number of nitriles is 1. The van der Waals surface area contributed by atoms with E-state index in [1.165, 1.54) is 12.5 Å². The summed E-state index contributed by atoms with van der Waals surface area (Å²) in [5.41, 5.74) is 1.53. The fourth-order valence-corrected chi connectivity index (χ4v) is 1.77. The van der Waals surface area contributed by atoms with Crippen molar-refractivity contribution in [3.8, 4) is 6.07 Å². The molecule has 0 saturated heterocycles. The number of carboxylic acid groups (broad SMARTS) is 1. The first-order valence-electron chi connectivity index (χ1n) is 6.36. The van der Waals surface area contributed by atoms with Gasteiger partial charge in [-0.05, 0) is 24.3 Å². The van der Waals surface area contributed by atoms with Crippen molar-refractivity contribution in [1.29, 1.82) is 5.26 Å². The molecule has 1 heterocycles. The molecular weight excluding hydrogens is 286 g/mol. The third-order valence-corrected chi connectivity index (χ3v) is 2.85. The zero-order chi connectivity index (χ0) is 15.9. The molecule has 0 aliphatic rings. The van der Waals surface area contributed by atoms with E-state index < -0.39 is 18.0 Å². The Hall–Kier alpha value is -3.34. The van der Waals surface area contributed by atoms with Gasteiger partial charge in [0, 0.05) is 24.0 Å². The van der Waals surface area contributed by atoms with E-state index in [1.54, 1.807) is 24.3 Å². The molecule has 0 fully saturated rings. The van der Waals surface area contributed by atoms with E-state index in [1.807, 2.05) is 6.07 Å². The lowest BCUT2D eigenvalue weighted by atomic mass is 10.1. The van der Waals surface area contributed by atoms with Gasteiger partial charge >= 0.3 is 12.0 Å². The summed E-state index contributed by atoms with van der Waals surface area (Å²) in [6, 6.07) is 6.46. The van der Waals surface area contributed by atoms with E-state index in [4.69, 9.17) is 10.4 Å². The number of aromatic amines is 1. The first-order valence-corrected chi connectivity index (χ1v) is 6.36. The van der Waals surface area contributed by atoms with Gasteiger partial charge in [-0.3, -0.25) is 0 Å². The first-order chi connectivity index (χ1) is 10.6. The van der Waals surface area contributed by atoms with Gasteiger partial charge in [0.2, 0.25) is 0 Å². The van der Waals surface area contributed by atoms with Crippen LogP contribution in [0.15, 0.2) is 36.8 Å². The van der Waals surface area contributed by atoms with Crippen LogP contribution in [-0.4, -0.2) is 33.1 Å². The highest BCUT2D eigenvalue weighted by atomic mass is 16.4. The van der Waals surface area contributed by atoms with Crippen molar-refractivity contribution < 1.29 is 14.7 Å². The molecule has 1 atom stereocenters. The van der Waals surface area contributed by atoms with Crippen LogP contribution in [0.1, 0.15) is 11.3 Å². The Morgan fingerprint density at radius 1 is 1.36 bits per heavy atom. The standard InChI is InChI=1S/C14H13N5O3/c15-6-9-1-3-10(4-2-9)18-14(22)19-12(13(20)21)5-11-7-16-8-17-11/h1-4,7-8,12H,5H2,(H,16,17)(H,20,21)(H2,18,19,22). The van der Waals surface area contributed by atoms with Gasteiger partial charge in [0.25, 0.3) is 0 Å². The van der Waals surface area contributed by atoms with Crippen molar-refractivity contribution in [2.75, 3.05) is 5.32 Å². The average Bonchev–Trinajstić information content (AvgIpc) is 3.00. The normalized spacial score (nSPS) is 11.2. The fraction of sp³-hybridized carbons (Fsp3) is 0.143. The number of rotatable bonds is 5. The second kappa shape index (κ2) is 6.90. The Morgan fingerprint density at radius 2 is 2.09 bits per heavy atom. The highest BCUT2D eigenvalue weighted by Gasteiger charge is 2.21. The van der Waals surface area contributed by atoms with Gasteiger partial charge in [-0.2, -0.15) is 5.26 Å². The van der Waals surface area contributed by atoms with Crippen LogP contribution in [-0.2, 0) is 11.2 Å². The van der Waals surface area contributed by atoms with Crippen LogP contribution in [0.2, 0.25) is 0 Å². The highest BCUT2D eigenvalue weighted by molar-refractivity contribution is 5.92. The van der Waals surface area contributed by atoms with Crippen LogP contribution in [0.3, 0.4) is 0 Å². The van der Waals surface area contributed by atoms with Gasteiger partial charge in [-0.1, -0.05) is 0 Å². The van der Waals surface area contributed by atoms with Gasteiger partial charge in [0.1, 0.15) is 6.04 Å². The van der Waals surface area contributed by atoms with E-state index >= 15 is 0 Å². The minimum Gasteiger partial charge on any atom is -0.480 e. The Kier molecular flexibility index (Phi) is 4.72. The van der Waals surface area contributed by atoms with Crippen LogP contribution < -0.4 is 10.6 Å². The maximum Gasteiger partial charge on any atom is 0.326 e. The summed E-state index contributed by atoms with van der Waals surface area (Å²) in [6.07, 6.45) is 3.03. The Bertz CT molecular complexity index is 688. The maximum absolute atomic E-state index is 11.8. The lowest BCUT2D eigenvalue weighted by Gasteiger charge is -2.14. The first kappa shape index (κ1) is 15.1. The SMILES string of the molecule is N#Cc1ccc(NC(=O)NC(Cc2cnc[nH]2)C(=O)O)cc1. The number of carboxylic acids is 1. The van der Waals surface area contributed by atoms with Crippen LogP contribution in [0, 0.1) is 11.3 Å². The molecular formula is C14H13N5O3. The average molecular weight is 299 g/mol. The number of aromatic nitrogens is 2. The number of benzene rings is 1. The van der Waals surface area contributed by atoms with E-state index in [2.05, 4.69) is 20.6 Å². The number of H-pyrrole nitrogens is 1. The number of anilines is 1. The lowest BCUT2D eigenvalue weighted by Crippen LogP contribution is -2.44. The molecule has 4 N–H and O–H groups in total. The van der Waals surface area contributed by atoms with Crippen molar-refractivity contribution in [1.82, 2.24) is 15.3 Å². The van der Waals surface area contributed by atoms with Gasteiger partial charge in [0.05, 0.1) is 18.0 Å². The monoisotopic (exact) mass is 299 g/mol. The molecule has 1 unspecified atom stereocenters. The summed E-state index contributed by atoms with van der Waals surface area (Å²) in [4.78, 5) is 29.6. The number of amides is 2. The predicted octanol–water partition coefficient (Wildman–Crippen LogP) is 1.10. The second-order valence-corrected chi connectivity index (χ2v) is 4.46. The summed E-state index contributed by atoms with van der Waals surface area (Å²) in [7, 11) is 0. The van der Waals surface area contributed by atoms with Crippen molar-refractivity contribution in [2.24, 2.45) is 0 Å². The zero-order valence-electron chi connectivity index (χ0n) is 11.4. The Balaban J connectivity index is 1.95. The van der Waals surface area contributed by atoms with Crippen LogP contribution in [0.4, 0.5) is 10.5 Å². The number of carbonyl (C=O) groups excluding carboxylic acids is 1. The highest BCUT2D eigenvalue weighted by Crippen LogP contribution is 2.08. The summed E-state index contributed by atoms with van der Waals surface area (Å²) in [5, 5.41) is 22.7. The summed E-state index contributed by atoms with van der Waals surface area (Å²) in [5.74, 6) is -1.15. The van der Waals surface area contributed by atoms with E-state index in [0.717, 1.165) is 0 Å². The molecule has 2 aromatic rings. The quantitative estimate of drug-likeness (QED) is 0.656. The Labute approximate surface area is 125 Å². The van der Waals surface area contributed by atoms with Crippen molar-refractivity contribution in [3.63, 3.8) is 0 Å². The maximum atomic E-state index is 11.8. The van der Waals surface area contributed by atoms with Gasteiger partial charge in [0.15, 0.2) is 0 Å². The van der Waals surface area contributed by atoms with E-state index in [9.17, 15) is 9.59 Å². The topological polar surface area (TPSA) is 131 Å². The number of carbonyl (C=O) groups is 2. The molecule has 8 nitrogen and oxygen atoms in total. The summed E-state index contributed by atoms with van der Waals surface area (Å²) < 4.78 is 0. The molecule has 112 valence electrons. The van der Waals surface area contributed by atoms with E-state index in [0.29, 0.717) is 16.9 Å². The zero-order valence-corrected chi connectivity index (χ0v) is 11.4. The molecule has 2 amide bonds. The molecule has 1 aromatic carbocycles. The molecule has 0 saturated carbocycles. The number of hydrogen-bond acceptors (Lipinski definition) is 4. The second-order valence-electron chi connectivity index (χ2n) is 4.46. The van der Waals surface area contributed by atoms with Crippen LogP contribution in [0.5, 0.6) is 0 Å². The van der Waals surface area contributed by atoms with Gasteiger partial charge in [-0.15, -0.1) is 0 Å². The van der Waals surface area contributed by atoms with Crippen molar-refractivity contribution in [2.45, 2.75) is 12.5 Å². The van der Waals surface area contributed by atoms with Crippen molar-refractivity contribution in [3.05, 3.63) is 48.0 Å². The smallest absolute Gasteiger partial charge is 0.326 e. The number of imidazole rings is 1. The summed E-state index contributed by atoms with van der Waals surface area (Å²) >= 11 is 0. The third-order valence-electron chi connectivity index (χ3n) is 2.85. The number of nitrogens with zero attached hydrogens (tertiary/aromatic N) is 2. The number of hydrogen-bond donors (Lipinski definition) is 4. The van der Waals surface area contributed by atoms with Gasteiger partial charge < -0.3 is 20.7 Å². The molecule has 8 heteroatoms. The Morgan fingerprint density at radius 3 is 2.64 bits per heavy atom. The number of urea groups is 1. The van der Waals surface area contributed by atoms with Crippen LogP contribution in [0.25, 0.3) is 0 Å². The minimum atomic E-state index is -1.15. The predicted molar refractivity (Wildman–Crippen MR) is 77.0 cm³/mol. The van der Waals surface area contributed by atoms with Crippen LogP contribution >= 0.6 is 0 Å². The van der Waals surface area contributed by atoms with E-state index in [-0.39, 0.29) is 6.42 Å². The summed E-state index contributed by atoms with van der Waals surface area (Å²) in [6.45, 7) is 0. The molecule has 2 rings (SSSR count). The molecule has 0 aliphatic carbocycles. The number of nitrogens with one attached hydrogen (secondary N) is 3.